The highest BCUT2D eigenvalue weighted by Gasteiger charge is 2.22. The molecule has 0 saturated heterocycles. The van der Waals surface area contributed by atoms with Crippen LogP contribution < -0.4 is 5.32 Å². The maximum absolute atomic E-state index is 12.4. The lowest BCUT2D eigenvalue weighted by atomic mass is 9.97. The minimum Gasteiger partial charge on any atom is -0.455 e. The van der Waals surface area contributed by atoms with E-state index in [1.807, 2.05) is 69.3 Å². The average Bonchev–Trinajstić information content (AvgIpc) is 2.70. The molecule has 154 valence electrons. The van der Waals surface area contributed by atoms with Crippen molar-refractivity contribution in [2.45, 2.75) is 33.1 Å². The highest BCUT2D eigenvalue weighted by molar-refractivity contribution is 5.96. The summed E-state index contributed by atoms with van der Waals surface area (Å²) in [6.07, 6.45) is 0.574. The third-order valence-electron chi connectivity index (χ3n) is 4.78. The summed E-state index contributed by atoms with van der Waals surface area (Å²) < 4.78 is 5.21. The molecule has 2 rings (SSSR count). The fourth-order valence-electron chi connectivity index (χ4n) is 3.06. The second kappa shape index (κ2) is 10.4. The van der Waals surface area contributed by atoms with E-state index < -0.39 is 24.4 Å². The maximum Gasteiger partial charge on any atom is 0.313 e. The van der Waals surface area contributed by atoms with E-state index in [0.29, 0.717) is 6.42 Å². The largest absolute Gasteiger partial charge is 0.455 e. The molecule has 0 bridgehead atoms. The smallest absolute Gasteiger partial charge is 0.313 e. The number of hydrogen-bond donors (Lipinski definition) is 1. The minimum absolute atomic E-state index is 0.125. The first kappa shape index (κ1) is 22.1. The molecule has 2 aromatic carbocycles. The van der Waals surface area contributed by atoms with Gasteiger partial charge in [-0.1, -0.05) is 55.5 Å². The zero-order valence-electron chi connectivity index (χ0n) is 17.4. The molecule has 0 spiro atoms. The Morgan fingerprint density at radius 3 is 2.21 bits per heavy atom. The van der Waals surface area contributed by atoms with E-state index in [1.54, 1.807) is 0 Å². The molecule has 0 unspecified atom stereocenters. The van der Waals surface area contributed by atoms with Crippen molar-refractivity contribution < 1.29 is 19.1 Å². The van der Waals surface area contributed by atoms with Crippen molar-refractivity contribution in [3.8, 4) is 0 Å². The Kier molecular flexibility index (Phi) is 7.95. The Morgan fingerprint density at radius 2 is 1.62 bits per heavy atom. The topological polar surface area (TPSA) is 75.7 Å². The van der Waals surface area contributed by atoms with Gasteiger partial charge in [0.25, 0.3) is 5.91 Å². The minimum atomic E-state index is -0.444. The second-order valence-corrected chi connectivity index (χ2v) is 7.04. The molecular formula is C23H28N2O4. The van der Waals surface area contributed by atoms with Crippen LogP contribution in [0.25, 0.3) is 0 Å². The van der Waals surface area contributed by atoms with Gasteiger partial charge in [-0.2, -0.15) is 0 Å². The standard InChI is InChI=1S/C23H28N2O4/c1-5-19(18-12-7-6-8-13-18)23(28)29-15-21(27)25(4)14-20(26)24-22-16(2)10-9-11-17(22)3/h6-13,19H,5,14-15H2,1-4H3,(H,24,26)/t19-/m1/s1. The molecule has 0 heterocycles. The average molecular weight is 396 g/mol. The van der Waals surface area contributed by atoms with Crippen LogP contribution in [-0.2, 0) is 19.1 Å². The van der Waals surface area contributed by atoms with Gasteiger partial charge < -0.3 is 15.0 Å². The highest BCUT2D eigenvalue weighted by Crippen LogP contribution is 2.21. The van der Waals surface area contributed by atoms with Gasteiger partial charge in [-0.05, 0) is 37.0 Å². The van der Waals surface area contributed by atoms with E-state index in [2.05, 4.69) is 5.32 Å². The van der Waals surface area contributed by atoms with Crippen molar-refractivity contribution in [1.82, 2.24) is 4.90 Å². The van der Waals surface area contributed by atoms with Crippen molar-refractivity contribution in [2.75, 3.05) is 25.5 Å². The molecule has 0 aliphatic rings. The zero-order valence-corrected chi connectivity index (χ0v) is 17.4. The molecule has 0 aromatic heterocycles. The number of ether oxygens (including phenoxy) is 1. The number of benzene rings is 2. The van der Waals surface area contributed by atoms with Crippen LogP contribution in [0.1, 0.15) is 36.0 Å². The van der Waals surface area contributed by atoms with Gasteiger partial charge in [0.15, 0.2) is 6.61 Å². The highest BCUT2D eigenvalue weighted by atomic mass is 16.5. The first-order valence-corrected chi connectivity index (χ1v) is 9.65. The fourth-order valence-corrected chi connectivity index (χ4v) is 3.06. The number of anilines is 1. The molecular weight excluding hydrogens is 368 g/mol. The molecule has 0 saturated carbocycles. The molecule has 0 radical (unpaired) electrons. The van der Waals surface area contributed by atoms with Crippen molar-refractivity contribution in [3.05, 3.63) is 65.2 Å². The Balaban J connectivity index is 1.87. The van der Waals surface area contributed by atoms with Gasteiger partial charge in [-0.15, -0.1) is 0 Å². The third kappa shape index (κ3) is 6.17. The molecule has 6 nitrogen and oxygen atoms in total. The monoisotopic (exact) mass is 396 g/mol. The van der Waals surface area contributed by atoms with Crippen LogP contribution in [-0.4, -0.2) is 42.9 Å². The molecule has 0 aliphatic carbocycles. The van der Waals surface area contributed by atoms with Gasteiger partial charge >= 0.3 is 5.97 Å². The van der Waals surface area contributed by atoms with E-state index in [1.165, 1.54) is 11.9 Å². The predicted molar refractivity (Wildman–Crippen MR) is 113 cm³/mol. The van der Waals surface area contributed by atoms with Crippen LogP contribution in [0, 0.1) is 13.8 Å². The summed E-state index contributed by atoms with van der Waals surface area (Å²) in [7, 11) is 1.51. The number of rotatable bonds is 8. The number of nitrogens with one attached hydrogen (secondary N) is 1. The number of para-hydroxylation sites is 1. The number of likely N-dealkylation sites (N-methyl/N-ethyl adjacent to an activating group) is 1. The lowest BCUT2D eigenvalue weighted by Crippen LogP contribution is -2.38. The first-order valence-electron chi connectivity index (χ1n) is 9.65. The lowest BCUT2D eigenvalue weighted by molar-refractivity contribution is -0.153. The number of hydrogen-bond acceptors (Lipinski definition) is 4. The van der Waals surface area contributed by atoms with Crippen LogP contribution in [0.4, 0.5) is 5.69 Å². The fraction of sp³-hybridized carbons (Fsp3) is 0.348. The van der Waals surface area contributed by atoms with Gasteiger partial charge in [0.05, 0.1) is 12.5 Å². The van der Waals surface area contributed by atoms with E-state index in [9.17, 15) is 14.4 Å². The predicted octanol–water partition coefficient (Wildman–Crippen LogP) is 3.44. The summed E-state index contributed by atoms with van der Waals surface area (Å²) in [4.78, 5) is 38.2. The summed E-state index contributed by atoms with van der Waals surface area (Å²) in [6.45, 7) is 5.20. The number of carbonyl (C=O) groups is 3. The van der Waals surface area contributed by atoms with Gasteiger partial charge in [0.2, 0.25) is 5.91 Å². The van der Waals surface area contributed by atoms with E-state index in [-0.39, 0.29) is 12.5 Å². The second-order valence-electron chi connectivity index (χ2n) is 7.04. The van der Waals surface area contributed by atoms with E-state index in [4.69, 9.17) is 4.74 Å². The summed E-state index contributed by atoms with van der Waals surface area (Å²) in [5.41, 5.74) is 3.51. The molecule has 29 heavy (non-hydrogen) atoms. The van der Waals surface area contributed by atoms with E-state index in [0.717, 1.165) is 22.4 Å². The number of carbonyl (C=O) groups excluding carboxylic acids is 3. The lowest BCUT2D eigenvalue weighted by Gasteiger charge is -2.19. The van der Waals surface area contributed by atoms with Gasteiger partial charge in [-0.3, -0.25) is 14.4 Å². The van der Waals surface area contributed by atoms with Crippen molar-refractivity contribution in [3.63, 3.8) is 0 Å². The Hall–Kier alpha value is -3.15. The van der Waals surface area contributed by atoms with Crippen molar-refractivity contribution in [2.24, 2.45) is 0 Å². The summed E-state index contributed by atoms with van der Waals surface area (Å²) in [5, 5.41) is 2.84. The molecule has 6 heteroatoms. The van der Waals surface area contributed by atoms with Gasteiger partial charge in [0.1, 0.15) is 0 Å². The SMILES string of the molecule is CC[C@@H](C(=O)OCC(=O)N(C)CC(=O)Nc1c(C)cccc1C)c1ccccc1. The summed E-state index contributed by atoms with van der Waals surface area (Å²) in [5.74, 6) is -1.60. The first-order chi connectivity index (χ1) is 13.8. The van der Waals surface area contributed by atoms with Crippen LogP contribution in [0.3, 0.4) is 0 Å². The van der Waals surface area contributed by atoms with Gasteiger partial charge in [-0.25, -0.2) is 0 Å². The molecule has 2 aromatic rings. The normalized spacial score (nSPS) is 11.4. The molecule has 1 atom stereocenters. The van der Waals surface area contributed by atoms with Crippen LogP contribution >= 0.6 is 0 Å². The van der Waals surface area contributed by atoms with Crippen LogP contribution in [0.15, 0.2) is 48.5 Å². The maximum atomic E-state index is 12.4. The molecule has 0 fully saturated rings. The number of aryl methyl sites for hydroxylation is 2. The third-order valence-corrected chi connectivity index (χ3v) is 4.78. The summed E-state index contributed by atoms with van der Waals surface area (Å²) in [6, 6.07) is 15.1. The number of esters is 1. The Labute approximate surface area is 171 Å². The molecule has 0 aliphatic heterocycles. The van der Waals surface area contributed by atoms with Gasteiger partial charge in [0, 0.05) is 12.7 Å². The van der Waals surface area contributed by atoms with Crippen LogP contribution in [0.2, 0.25) is 0 Å². The Bertz CT molecular complexity index is 844. The Morgan fingerprint density at radius 1 is 1.00 bits per heavy atom. The van der Waals surface area contributed by atoms with Crippen molar-refractivity contribution >= 4 is 23.5 Å². The van der Waals surface area contributed by atoms with Crippen LogP contribution in [0.5, 0.6) is 0 Å². The van der Waals surface area contributed by atoms with Crippen molar-refractivity contribution in [1.29, 1.82) is 0 Å². The van der Waals surface area contributed by atoms with E-state index >= 15 is 0 Å². The summed E-state index contributed by atoms with van der Waals surface area (Å²) >= 11 is 0. The molecule has 1 N–H and O–H groups in total. The zero-order chi connectivity index (χ0) is 21.4. The number of nitrogens with zero attached hydrogens (tertiary/aromatic N) is 1. The quantitative estimate of drug-likeness (QED) is 0.694. The number of amides is 2. The molecule has 2 amide bonds.